The molecule has 0 saturated carbocycles. The van der Waals surface area contributed by atoms with E-state index in [0.717, 1.165) is 5.57 Å². The molecule has 1 aliphatic carbocycles. The van der Waals surface area contributed by atoms with Gasteiger partial charge in [0.1, 0.15) is 24.4 Å². The summed E-state index contributed by atoms with van der Waals surface area (Å²) in [7, 11) is 0. The summed E-state index contributed by atoms with van der Waals surface area (Å²) in [5.74, 6) is 0.872. The Morgan fingerprint density at radius 3 is 2.67 bits per heavy atom. The Labute approximate surface area is 174 Å². The molecule has 2 fully saturated rings. The highest BCUT2D eigenvalue weighted by molar-refractivity contribution is 5.99. The number of aliphatic hydroxyl groups is 4. The third-order valence-electron chi connectivity index (χ3n) is 5.48. The van der Waals surface area contributed by atoms with E-state index in [9.17, 15) is 25.2 Å². The van der Waals surface area contributed by atoms with Gasteiger partial charge in [-0.25, -0.2) is 0 Å². The molecule has 3 rings (SSSR count). The predicted octanol–water partition coefficient (Wildman–Crippen LogP) is 0.0566. The number of fused-ring (bicyclic) bond motifs is 1. The van der Waals surface area contributed by atoms with Crippen molar-refractivity contribution in [1.29, 1.82) is 0 Å². The van der Waals surface area contributed by atoms with Crippen LogP contribution in [0.3, 0.4) is 0 Å². The summed E-state index contributed by atoms with van der Waals surface area (Å²) in [6.45, 7) is 5.15. The molecule has 9 nitrogen and oxygen atoms in total. The summed E-state index contributed by atoms with van der Waals surface area (Å²) < 4.78 is 21.6. The topological polar surface area (TPSA) is 135 Å². The Kier molecular flexibility index (Phi) is 7.12. The average molecular weight is 424 g/mol. The Morgan fingerprint density at radius 1 is 1.23 bits per heavy atom. The number of ketones is 1. The minimum absolute atomic E-state index is 0.0539. The van der Waals surface area contributed by atoms with E-state index >= 15 is 0 Å². The lowest BCUT2D eigenvalue weighted by atomic mass is 9.74. The van der Waals surface area contributed by atoms with Gasteiger partial charge < -0.3 is 39.4 Å². The van der Waals surface area contributed by atoms with Gasteiger partial charge in [-0.15, -0.1) is 6.58 Å². The molecule has 0 aromatic carbocycles. The van der Waals surface area contributed by atoms with Crippen LogP contribution in [0.5, 0.6) is 0 Å². The first-order valence-electron chi connectivity index (χ1n) is 9.75. The number of carbonyl (C=O) groups excluding carboxylic acids is 1. The maximum atomic E-state index is 12.8. The maximum Gasteiger partial charge on any atom is 0.231 e. The number of hydrogen-bond donors (Lipinski definition) is 4. The van der Waals surface area contributed by atoms with Crippen molar-refractivity contribution in [3.8, 4) is 0 Å². The van der Waals surface area contributed by atoms with E-state index in [2.05, 4.69) is 6.58 Å². The number of rotatable bonds is 8. The van der Waals surface area contributed by atoms with Gasteiger partial charge in [-0.1, -0.05) is 17.7 Å². The van der Waals surface area contributed by atoms with E-state index in [1.165, 1.54) is 6.08 Å². The molecule has 6 atom stereocenters. The standard InChI is InChI=1S/C21H28O9/c1-3-5-21(8-14-13(7-16(21)23)28-11-29-14)6-4-12(2)10-27-20-19(26)18(25)17(24)15(9-22)30-20/h3-4,7-8,15,17-20,22,24-26H,1,5-6,9-11H2,2H3/b12-4+/t15-,17-,18+,19-,20-,21-/m1/s1. The van der Waals surface area contributed by atoms with Gasteiger partial charge in [-0.2, -0.15) is 0 Å². The van der Waals surface area contributed by atoms with E-state index < -0.39 is 42.7 Å². The first kappa shape index (κ1) is 22.7. The van der Waals surface area contributed by atoms with Crippen LogP contribution >= 0.6 is 0 Å². The molecule has 9 heteroatoms. The van der Waals surface area contributed by atoms with E-state index in [1.54, 1.807) is 19.1 Å². The summed E-state index contributed by atoms with van der Waals surface area (Å²) in [6, 6.07) is 0. The fourth-order valence-electron chi connectivity index (χ4n) is 3.60. The number of aliphatic hydroxyl groups excluding tert-OH is 4. The van der Waals surface area contributed by atoms with Gasteiger partial charge in [0.2, 0.25) is 6.79 Å². The first-order valence-corrected chi connectivity index (χ1v) is 9.75. The highest BCUT2D eigenvalue weighted by atomic mass is 16.7. The minimum Gasteiger partial charge on any atom is -0.454 e. The summed E-state index contributed by atoms with van der Waals surface area (Å²) in [5.41, 5.74) is -0.0708. The van der Waals surface area contributed by atoms with Gasteiger partial charge in [-0.05, 0) is 25.8 Å². The van der Waals surface area contributed by atoms with Crippen LogP contribution in [-0.2, 0) is 23.7 Å². The predicted molar refractivity (Wildman–Crippen MR) is 104 cm³/mol. The smallest absolute Gasteiger partial charge is 0.231 e. The third kappa shape index (κ3) is 4.51. The molecular weight excluding hydrogens is 396 g/mol. The second kappa shape index (κ2) is 9.42. The summed E-state index contributed by atoms with van der Waals surface area (Å²) in [6.07, 6.45) is 0.879. The third-order valence-corrected chi connectivity index (χ3v) is 5.48. The van der Waals surface area contributed by atoms with Crippen molar-refractivity contribution in [3.05, 3.63) is 48.0 Å². The van der Waals surface area contributed by atoms with Gasteiger partial charge >= 0.3 is 0 Å². The zero-order valence-corrected chi connectivity index (χ0v) is 16.8. The monoisotopic (exact) mass is 424 g/mol. The van der Waals surface area contributed by atoms with Crippen molar-refractivity contribution in [1.82, 2.24) is 0 Å². The zero-order chi connectivity index (χ0) is 21.9. The van der Waals surface area contributed by atoms with Gasteiger partial charge in [0.25, 0.3) is 0 Å². The van der Waals surface area contributed by atoms with Crippen molar-refractivity contribution >= 4 is 5.78 Å². The molecule has 30 heavy (non-hydrogen) atoms. The zero-order valence-electron chi connectivity index (χ0n) is 16.8. The van der Waals surface area contributed by atoms with Gasteiger partial charge in [0.15, 0.2) is 23.6 Å². The minimum atomic E-state index is -1.50. The van der Waals surface area contributed by atoms with Crippen molar-refractivity contribution in [2.45, 2.75) is 50.5 Å². The molecule has 0 aromatic rings. The summed E-state index contributed by atoms with van der Waals surface area (Å²) >= 11 is 0. The maximum absolute atomic E-state index is 12.8. The molecular formula is C21H28O9. The SMILES string of the molecule is C=CC[C@@]1(C/C=C(\C)CO[C@@H]2O[C@H](CO)[C@@H](O)[C@H](O)[C@H]2O)C=C2OCOC2=CC1=O. The molecule has 0 bridgehead atoms. The Balaban J connectivity index is 1.64. The van der Waals surface area contributed by atoms with Crippen LogP contribution in [0.15, 0.2) is 48.0 Å². The second-order valence-electron chi connectivity index (χ2n) is 7.70. The van der Waals surface area contributed by atoms with Crippen molar-refractivity contribution in [2.75, 3.05) is 20.0 Å². The van der Waals surface area contributed by atoms with Crippen LogP contribution in [0.4, 0.5) is 0 Å². The molecule has 3 aliphatic rings. The molecule has 0 aromatic heterocycles. The van der Waals surface area contributed by atoms with Crippen molar-refractivity contribution in [2.24, 2.45) is 5.41 Å². The quantitative estimate of drug-likeness (QED) is 0.399. The summed E-state index contributed by atoms with van der Waals surface area (Å²) in [4.78, 5) is 12.8. The lowest BCUT2D eigenvalue weighted by molar-refractivity contribution is -0.299. The molecule has 2 saturated heterocycles. The Morgan fingerprint density at radius 2 is 1.97 bits per heavy atom. The fourth-order valence-corrected chi connectivity index (χ4v) is 3.60. The van der Waals surface area contributed by atoms with Crippen molar-refractivity contribution < 1.29 is 44.2 Å². The molecule has 166 valence electrons. The van der Waals surface area contributed by atoms with Crippen LogP contribution in [0.25, 0.3) is 0 Å². The van der Waals surface area contributed by atoms with Crippen LogP contribution in [0.2, 0.25) is 0 Å². The van der Waals surface area contributed by atoms with Gasteiger partial charge in [0, 0.05) is 6.08 Å². The number of ether oxygens (including phenoxy) is 4. The first-order chi connectivity index (χ1) is 14.3. The lowest BCUT2D eigenvalue weighted by Crippen LogP contribution is -2.59. The van der Waals surface area contributed by atoms with Crippen LogP contribution < -0.4 is 0 Å². The molecule has 0 spiro atoms. The highest BCUT2D eigenvalue weighted by Crippen LogP contribution is 2.40. The van der Waals surface area contributed by atoms with Crippen LogP contribution in [0.1, 0.15) is 19.8 Å². The van der Waals surface area contributed by atoms with Crippen LogP contribution in [0, 0.1) is 5.41 Å². The van der Waals surface area contributed by atoms with Crippen molar-refractivity contribution in [3.63, 3.8) is 0 Å². The molecule has 0 amide bonds. The molecule has 0 radical (unpaired) electrons. The largest absolute Gasteiger partial charge is 0.454 e. The Hall–Kier alpha value is -2.01. The number of hydrogen-bond acceptors (Lipinski definition) is 9. The van der Waals surface area contributed by atoms with Crippen LogP contribution in [-0.4, -0.2) is 76.9 Å². The fraction of sp³-hybridized carbons (Fsp3) is 0.571. The van der Waals surface area contributed by atoms with E-state index in [-0.39, 0.29) is 19.2 Å². The highest BCUT2D eigenvalue weighted by Gasteiger charge is 2.44. The molecule has 2 aliphatic heterocycles. The second-order valence-corrected chi connectivity index (χ2v) is 7.70. The lowest BCUT2D eigenvalue weighted by Gasteiger charge is -2.39. The normalized spacial score (nSPS) is 36.4. The average Bonchev–Trinajstić information content (AvgIpc) is 3.17. The van der Waals surface area contributed by atoms with E-state index in [4.69, 9.17) is 18.9 Å². The number of carbonyl (C=O) groups is 1. The number of allylic oxidation sites excluding steroid dienone is 4. The van der Waals surface area contributed by atoms with Gasteiger partial charge in [0.05, 0.1) is 18.6 Å². The molecule has 4 N–H and O–H groups in total. The Bertz CT molecular complexity index is 754. The molecule has 0 unspecified atom stereocenters. The van der Waals surface area contributed by atoms with Gasteiger partial charge in [-0.3, -0.25) is 4.79 Å². The molecule has 2 heterocycles. The summed E-state index contributed by atoms with van der Waals surface area (Å²) in [5, 5.41) is 38.9. The van der Waals surface area contributed by atoms with E-state index in [1.807, 2.05) is 6.08 Å². The van der Waals surface area contributed by atoms with E-state index in [0.29, 0.717) is 24.4 Å².